The van der Waals surface area contributed by atoms with Crippen molar-refractivity contribution in [1.82, 2.24) is 20.3 Å². The molecule has 10 heteroatoms. The van der Waals surface area contributed by atoms with E-state index in [0.29, 0.717) is 17.1 Å². The average Bonchev–Trinajstić information content (AvgIpc) is 2.87. The van der Waals surface area contributed by atoms with Gasteiger partial charge in [-0.2, -0.15) is 0 Å². The van der Waals surface area contributed by atoms with Crippen LogP contribution < -0.4 is 15.0 Å². The summed E-state index contributed by atoms with van der Waals surface area (Å²) in [4.78, 5) is 39.1. The van der Waals surface area contributed by atoms with Gasteiger partial charge in [-0.15, -0.1) is 0 Å². The van der Waals surface area contributed by atoms with Gasteiger partial charge in [-0.1, -0.05) is 0 Å². The molecule has 8 nitrogen and oxygen atoms in total. The number of nitrogens with one attached hydrogen (secondary N) is 1. The van der Waals surface area contributed by atoms with Crippen molar-refractivity contribution in [1.29, 1.82) is 0 Å². The number of hydrogen-bond donors (Lipinski definition) is 1. The van der Waals surface area contributed by atoms with Crippen molar-refractivity contribution in [2.24, 2.45) is 0 Å². The fraction of sp³-hybridized carbons (Fsp3) is 0.190. The minimum Gasteiger partial charge on any atom is -0.487 e. The average molecular weight is 425 g/mol. The molecule has 0 saturated heterocycles. The molecule has 1 aliphatic heterocycles. The Balaban J connectivity index is 1.59. The van der Waals surface area contributed by atoms with Crippen LogP contribution in [-0.2, 0) is 4.79 Å². The third-order valence-corrected chi connectivity index (χ3v) is 4.77. The predicted octanol–water partition coefficient (Wildman–Crippen LogP) is 2.28. The zero-order valence-electron chi connectivity index (χ0n) is 16.6. The summed E-state index contributed by atoms with van der Waals surface area (Å²) in [5, 5.41) is 2.55. The van der Waals surface area contributed by atoms with Crippen molar-refractivity contribution in [2.75, 3.05) is 18.6 Å². The first-order valence-corrected chi connectivity index (χ1v) is 9.30. The van der Waals surface area contributed by atoms with E-state index in [9.17, 15) is 18.4 Å². The highest BCUT2D eigenvalue weighted by atomic mass is 19.1. The Hall–Kier alpha value is -3.95. The topological polar surface area (TPSA) is 97.3 Å². The SMILES string of the molecule is Cc1cnc(C(=O)N[C@H]2COc3cccnc3N(C)C2=O)nc1-c1ccc(F)cc1F. The van der Waals surface area contributed by atoms with Gasteiger partial charge in [-0.25, -0.2) is 23.7 Å². The number of carbonyl (C=O) groups is 2. The monoisotopic (exact) mass is 425 g/mol. The normalized spacial score (nSPS) is 15.7. The lowest BCUT2D eigenvalue weighted by Gasteiger charge is -2.19. The molecule has 0 unspecified atom stereocenters. The number of ether oxygens (including phenoxy) is 1. The molecular formula is C21H17F2N5O3. The Bertz CT molecular complexity index is 1190. The van der Waals surface area contributed by atoms with Gasteiger partial charge in [0.2, 0.25) is 5.82 Å². The van der Waals surface area contributed by atoms with E-state index in [1.54, 1.807) is 19.1 Å². The summed E-state index contributed by atoms with van der Waals surface area (Å²) in [6.45, 7) is 1.53. The molecule has 0 saturated carbocycles. The lowest BCUT2D eigenvalue weighted by Crippen LogP contribution is -2.49. The van der Waals surface area contributed by atoms with E-state index in [1.165, 1.54) is 30.4 Å². The number of nitrogens with zero attached hydrogens (tertiary/aromatic N) is 4. The first kappa shape index (κ1) is 20.3. The molecule has 2 aromatic heterocycles. The second-order valence-electron chi connectivity index (χ2n) is 6.91. The maximum absolute atomic E-state index is 14.2. The van der Waals surface area contributed by atoms with Crippen molar-refractivity contribution in [3.8, 4) is 17.0 Å². The number of fused-ring (bicyclic) bond motifs is 1. The molecule has 1 N–H and O–H groups in total. The van der Waals surface area contributed by atoms with E-state index in [1.807, 2.05) is 0 Å². The molecule has 1 aromatic carbocycles. The molecule has 4 rings (SSSR count). The molecule has 1 aliphatic rings. The summed E-state index contributed by atoms with van der Waals surface area (Å²) in [5.74, 6) is -2.22. The van der Waals surface area contributed by atoms with Gasteiger partial charge < -0.3 is 10.1 Å². The molecular weight excluding hydrogens is 408 g/mol. The Labute approximate surface area is 175 Å². The van der Waals surface area contributed by atoms with Crippen LogP contribution in [0.15, 0.2) is 42.7 Å². The van der Waals surface area contributed by atoms with E-state index in [-0.39, 0.29) is 23.7 Å². The van der Waals surface area contributed by atoms with Crippen molar-refractivity contribution in [2.45, 2.75) is 13.0 Å². The summed E-state index contributed by atoms with van der Waals surface area (Å²) >= 11 is 0. The molecule has 0 bridgehead atoms. The van der Waals surface area contributed by atoms with Crippen LogP contribution in [0, 0.1) is 18.6 Å². The number of benzene rings is 1. The van der Waals surface area contributed by atoms with Gasteiger partial charge in [0, 0.05) is 31.1 Å². The third kappa shape index (κ3) is 3.91. The minimum atomic E-state index is -1.01. The molecule has 0 aliphatic carbocycles. The molecule has 2 amide bonds. The molecule has 0 radical (unpaired) electrons. The van der Waals surface area contributed by atoms with Gasteiger partial charge in [-0.05, 0) is 36.8 Å². The smallest absolute Gasteiger partial charge is 0.289 e. The van der Waals surface area contributed by atoms with Gasteiger partial charge in [0.15, 0.2) is 11.6 Å². The Kier molecular flexibility index (Phi) is 5.28. The molecule has 1 atom stereocenters. The van der Waals surface area contributed by atoms with Gasteiger partial charge in [0.25, 0.3) is 11.8 Å². The van der Waals surface area contributed by atoms with E-state index in [4.69, 9.17) is 4.74 Å². The van der Waals surface area contributed by atoms with Gasteiger partial charge in [0.05, 0.1) is 5.69 Å². The lowest BCUT2D eigenvalue weighted by molar-refractivity contribution is -0.120. The zero-order chi connectivity index (χ0) is 22.1. The Morgan fingerprint density at radius 1 is 1.26 bits per heavy atom. The van der Waals surface area contributed by atoms with Crippen LogP contribution in [0.4, 0.5) is 14.6 Å². The van der Waals surface area contributed by atoms with E-state index in [0.717, 1.165) is 12.1 Å². The molecule has 0 spiro atoms. The first-order valence-electron chi connectivity index (χ1n) is 9.30. The van der Waals surface area contributed by atoms with Crippen LogP contribution in [0.2, 0.25) is 0 Å². The number of halogens is 2. The van der Waals surface area contributed by atoms with E-state index < -0.39 is 29.5 Å². The molecule has 3 aromatic rings. The van der Waals surface area contributed by atoms with Crippen LogP contribution in [0.5, 0.6) is 5.75 Å². The maximum Gasteiger partial charge on any atom is 0.289 e. The number of aromatic nitrogens is 3. The van der Waals surface area contributed by atoms with Crippen LogP contribution >= 0.6 is 0 Å². The first-order chi connectivity index (χ1) is 14.8. The summed E-state index contributed by atoms with van der Waals surface area (Å²) in [6, 6.07) is 5.41. The Morgan fingerprint density at radius 3 is 2.84 bits per heavy atom. The fourth-order valence-corrected chi connectivity index (χ4v) is 3.16. The Morgan fingerprint density at radius 2 is 2.06 bits per heavy atom. The van der Waals surface area contributed by atoms with E-state index >= 15 is 0 Å². The molecule has 0 fully saturated rings. The van der Waals surface area contributed by atoms with Crippen LogP contribution in [0.25, 0.3) is 11.3 Å². The van der Waals surface area contributed by atoms with Crippen LogP contribution in [0.1, 0.15) is 16.2 Å². The molecule has 158 valence electrons. The number of aryl methyl sites for hydroxylation is 1. The van der Waals surface area contributed by atoms with Gasteiger partial charge in [-0.3, -0.25) is 14.5 Å². The van der Waals surface area contributed by atoms with E-state index in [2.05, 4.69) is 20.3 Å². The predicted molar refractivity (Wildman–Crippen MR) is 107 cm³/mol. The third-order valence-electron chi connectivity index (χ3n) is 4.77. The number of carbonyl (C=O) groups excluding carboxylic acids is 2. The summed E-state index contributed by atoms with van der Waals surface area (Å²) in [7, 11) is 1.53. The van der Waals surface area contributed by atoms with Crippen LogP contribution in [-0.4, -0.2) is 46.5 Å². The fourth-order valence-electron chi connectivity index (χ4n) is 3.16. The van der Waals surface area contributed by atoms with Crippen molar-refractivity contribution >= 4 is 17.6 Å². The molecule has 3 heterocycles. The number of amides is 2. The number of pyridine rings is 1. The quantitative estimate of drug-likeness (QED) is 0.692. The highest BCUT2D eigenvalue weighted by molar-refractivity contribution is 6.01. The highest BCUT2D eigenvalue weighted by Crippen LogP contribution is 2.28. The summed E-state index contributed by atoms with van der Waals surface area (Å²) in [6.07, 6.45) is 2.89. The van der Waals surface area contributed by atoms with Gasteiger partial charge in [0.1, 0.15) is 24.3 Å². The number of likely N-dealkylation sites (N-methyl/N-ethyl adjacent to an activating group) is 1. The maximum atomic E-state index is 14.2. The molecule has 31 heavy (non-hydrogen) atoms. The highest BCUT2D eigenvalue weighted by Gasteiger charge is 2.32. The largest absolute Gasteiger partial charge is 0.487 e. The van der Waals surface area contributed by atoms with Crippen molar-refractivity contribution < 1.29 is 23.1 Å². The summed E-state index contributed by atoms with van der Waals surface area (Å²) in [5.41, 5.74) is 0.678. The van der Waals surface area contributed by atoms with Crippen molar-refractivity contribution in [3.05, 3.63) is 65.7 Å². The van der Waals surface area contributed by atoms with Crippen LogP contribution in [0.3, 0.4) is 0 Å². The minimum absolute atomic E-state index is 0.0329. The second-order valence-corrected chi connectivity index (χ2v) is 6.91. The zero-order valence-corrected chi connectivity index (χ0v) is 16.6. The van der Waals surface area contributed by atoms with Crippen molar-refractivity contribution in [3.63, 3.8) is 0 Å². The van der Waals surface area contributed by atoms with Gasteiger partial charge >= 0.3 is 0 Å². The number of anilines is 1. The number of hydrogen-bond acceptors (Lipinski definition) is 6. The second kappa shape index (κ2) is 8.05. The lowest BCUT2D eigenvalue weighted by atomic mass is 10.1. The number of rotatable bonds is 3. The summed E-state index contributed by atoms with van der Waals surface area (Å²) < 4.78 is 33.1. The standard InChI is InChI=1S/C21H17F2N5O3/c1-11-9-25-18(27-17(11)13-6-5-12(22)8-14(13)23)20(29)26-15-10-31-16-4-3-7-24-19(16)28(2)21(15)30/h3-9,15H,10H2,1-2H3,(H,26,29)/t15-/m0/s1.